The maximum absolute atomic E-state index is 12.2. The molecule has 43 heavy (non-hydrogen) atoms. The Kier molecular flexibility index (Phi) is 12.9. The number of carbonyl (C=O) groups is 1. The fourth-order valence-electron chi connectivity index (χ4n) is 4.97. The van der Waals surface area contributed by atoms with E-state index < -0.39 is 62.5 Å². The van der Waals surface area contributed by atoms with Crippen molar-refractivity contribution in [1.82, 2.24) is 10.2 Å². The van der Waals surface area contributed by atoms with Gasteiger partial charge in [-0.2, -0.15) is 0 Å². The van der Waals surface area contributed by atoms with Crippen LogP contribution in [-0.2, 0) is 16.0 Å². The molecule has 5 atom stereocenters. The van der Waals surface area contributed by atoms with Crippen molar-refractivity contribution in [2.75, 3.05) is 33.0 Å². The van der Waals surface area contributed by atoms with Crippen LogP contribution in [-0.4, -0.2) is 115 Å². The van der Waals surface area contributed by atoms with Crippen molar-refractivity contribution < 1.29 is 54.8 Å². The summed E-state index contributed by atoms with van der Waals surface area (Å²) in [5.41, 5.74) is 2.30. The molecule has 1 aliphatic heterocycles. The lowest BCUT2D eigenvalue weighted by Gasteiger charge is -2.39. The van der Waals surface area contributed by atoms with Crippen LogP contribution in [0.3, 0.4) is 0 Å². The molecule has 0 spiro atoms. The predicted octanol–water partition coefficient (Wildman–Crippen LogP) is 0.0826. The number of ketones is 1. The summed E-state index contributed by atoms with van der Waals surface area (Å²) in [4.78, 5) is 12.2. The van der Waals surface area contributed by atoms with E-state index in [0.717, 1.165) is 22.4 Å². The molecule has 1 aromatic carbocycles. The Morgan fingerprint density at radius 2 is 1.74 bits per heavy atom. The Morgan fingerprint density at radius 1 is 1.05 bits per heavy atom. The molecular weight excluding hydrogens is 564 g/mol. The quantitative estimate of drug-likeness (QED) is 0.112. The Morgan fingerprint density at radius 3 is 2.35 bits per heavy atom. The summed E-state index contributed by atoms with van der Waals surface area (Å²) in [6.07, 6.45) is -5.26. The average molecular weight is 611 g/mol. The number of unbranched alkanes of at least 4 members (excludes halogenated alkanes) is 1. The Balaban J connectivity index is 1.60. The van der Waals surface area contributed by atoms with Crippen molar-refractivity contribution in [1.29, 1.82) is 0 Å². The van der Waals surface area contributed by atoms with Crippen LogP contribution in [0.25, 0.3) is 0 Å². The summed E-state index contributed by atoms with van der Waals surface area (Å²) in [5, 5.41) is 75.6. The van der Waals surface area contributed by atoms with Gasteiger partial charge in [0.25, 0.3) is 0 Å². The van der Waals surface area contributed by atoms with Crippen LogP contribution in [0, 0.1) is 12.3 Å². The molecule has 0 saturated carbocycles. The number of ether oxygens (including phenoxy) is 3. The van der Waals surface area contributed by atoms with Crippen molar-refractivity contribution in [2.24, 2.45) is 5.41 Å². The molecule has 0 amide bonds. The van der Waals surface area contributed by atoms with Crippen molar-refractivity contribution in [2.45, 2.75) is 89.5 Å². The van der Waals surface area contributed by atoms with Gasteiger partial charge in [0, 0.05) is 35.9 Å². The number of hydrogen-bond acceptors (Lipinski definition) is 12. The molecule has 242 valence electrons. The summed E-state index contributed by atoms with van der Waals surface area (Å²) < 4.78 is 17.3. The smallest absolute Gasteiger partial charge is 0.238 e. The SMILES string of the molecule is Cc1cc(OCCCCC(=O)CC(CO)(CO)CO)ccc1Cc1c(O[C@@H]2O[C@H](CO)[C@@H](O)[C@H](O)[C@H]2O)n[nH]c1C(C)C. The fourth-order valence-corrected chi connectivity index (χ4v) is 4.97. The molecule has 2 aromatic rings. The van der Waals surface area contributed by atoms with Crippen LogP contribution in [0.2, 0.25) is 0 Å². The number of nitrogens with one attached hydrogen (secondary N) is 1. The lowest BCUT2D eigenvalue weighted by Crippen LogP contribution is -2.60. The van der Waals surface area contributed by atoms with Gasteiger partial charge in [0.15, 0.2) is 0 Å². The molecule has 8 N–H and O–H groups in total. The number of Topliss-reactive ketones (excluding diaryl/α,β-unsaturated/α-hetero) is 1. The molecule has 13 nitrogen and oxygen atoms in total. The number of benzene rings is 1. The van der Waals surface area contributed by atoms with Gasteiger partial charge in [0.2, 0.25) is 12.2 Å². The molecule has 1 aromatic heterocycles. The first kappa shape index (κ1) is 34.9. The lowest BCUT2D eigenvalue weighted by molar-refractivity contribution is -0.278. The number of aliphatic hydroxyl groups excluding tert-OH is 7. The molecule has 0 radical (unpaired) electrons. The van der Waals surface area contributed by atoms with E-state index in [-0.39, 0.29) is 30.4 Å². The van der Waals surface area contributed by atoms with Gasteiger partial charge in [0.05, 0.1) is 33.0 Å². The fraction of sp³-hybridized carbons (Fsp3) is 0.667. The van der Waals surface area contributed by atoms with Gasteiger partial charge in [-0.05, 0) is 48.9 Å². The van der Waals surface area contributed by atoms with Crippen LogP contribution in [0.15, 0.2) is 18.2 Å². The largest absolute Gasteiger partial charge is 0.494 e. The number of aryl methyl sites for hydroxylation is 1. The first-order valence-electron chi connectivity index (χ1n) is 14.6. The number of aliphatic hydroxyl groups is 7. The van der Waals surface area contributed by atoms with E-state index in [4.69, 9.17) is 14.2 Å². The lowest BCUT2D eigenvalue weighted by atomic mass is 9.84. The maximum Gasteiger partial charge on any atom is 0.238 e. The summed E-state index contributed by atoms with van der Waals surface area (Å²) >= 11 is 0. The van der Waals surface area contributed by atoms with Gasteiger partial charge in [-0.25, -0.2) is 0 Å². The molecular formula is C30H46N2O11. The number of hydrogen-bond donors (Lipinski definition) is 8. The topological polar surface area (TPSA) is 215 Å². The zero-order valence-electron chi connectivity index (χ0n) is 25.0. The van der Waals surface area contributed by atoms with Crippen LogP contribution in [0.5, 0.6) is 11.6 Å². The number of aromatic nitrogens is 2. The van der Waals surface area contributed by atoms with Crippen LogP contribution in [0.4, 0.5) is 0 Å². The maximum atomic E-state index is 12.2. The minimum Gasteiger partial charge on any atom is -0.494 e. The first-order chi connectivity index (χ1) is 20.5. The van der Waals surface area contributed by atoms with Gasteiger partial charge in [-0.1, -0.05) is 19.9 Å². The molecule has 0 unspecified atom stereocenters. The summed E-state index contributed by atoms with van der Waals surface area (Å²) in [5.74, 6) is 0.780. The number of H-pyrrole nitrogens is 1. The third-order valence-corrected chi connectivity index (χ3v) is 7.89. The summed E-state index contributed by atoms with van der Waals surface area (Å²) in [6.45, 7) is 4.38. The monoisotopic (exact) mass is 610 g/mol. The van der Waals surface area contributed by atoms with E-state index in [1.165, 1.54) is 0 Å². The number of nitrogens with zero attached hydrogens (tertiary/aromatic N) is 1. The molecule has 1 aliphatic rings. The Labute approximate surface area is 251 Å². The third-order valence-electron chi connectivity index (χ3n) is 7.89. The third kappa shape index (κ3) is 8.73. The highest BCUT2D eigenvalue weighted by Gasteiger charge is 2.45. The van der Waals surface area contributed by atoms with Gasteiger partial charge in [0.1, 0.15) is 35.9 Å². The van der Waals surface area contributed by atoms with Gasteiger partial charge >= 0.3 is 0 Å². The molecule has 2 heterocycles. The van der Waals surface area contributed by atoms with Crippen molar-refractivity contribution in [3.8, 4) is 11.6 Å². The van der Waals surface area contributed by atoms with E-state index in [9.17, 15) is 40.5 Å². The van der Waals surface area contributed by atoms with E-state index >= 15 is 0 Å². The normalized spacial score (nSPS) is 22.6. The molecule has 1 fully saturated rings. The average Bonchev–Trinajstić information content (AvgIpc) is 3.39. The minimum absolute atomic E-state index is 0.0665. The molecule has 0 aliphatic carbocycles. The molecule has 3 rings (SSSR count). The summed E-state index contributed by atoms with van der Waals surface area (Å²) in [7, 11) is 0. The number of aromatic amines is 1. The van der Waals surface area contributed by atoms with E-state index in [1.807, 2.05) is 39.0 Å². The van der Waals surface area contributed by atoms with Gasteiger partial charge in [-0.3, -0.25) is 9.89 Å². The highest BCUT2D eigenvalue weighted by Crippen LogP contribution is 2.32. The van der Waals surface area contributed by atoms with Crippen LogP contribution in [0.1, 0.15) is 67.8 Å². The van der Waals surface area contributed by atoms with Crippen LogP contribution < -0.4 is 9.47 Å². The molecule has 1 saturated heterocycles. The molecule has 0 bridgehead atoms. The minimum atomic E-state index is -1.57. The van der Waals surface area contributed by atoms with E-state index in [0.29, 0.717) is 31.6 Å². The zero-order valence-corrected chi connectivity index (χ0v) is 25.0. The second-order valence-corrected chi connectivity index (χ2v) is 11.7. The van der Waals surface area contributed by atoms with E-state index in [2.05, 4.69) is 10.2 Å². The number of rotatable bonds is 17. The second-order valence-electron chi connectivity index (χ2n) is 11.7. The van der Waals surface area contributed by atoms with E-state index in [1.54, 1.807) is 0 Å². The Bertz CT molecular complexity index is 1160. The van der Waals surface area contributed by atoms with Crippen molar-refractivity contribution in [3.05, 3.63) is 40.6 Å². The highest BCUT2D eigenvalue weighted by molar-refractivity contribution is 5.79. The predicted molar refractivity (Wildman–Crippen MR) is 154 cm³/mol. The first-order valence-corrected chi connectivity index (χ1v) is 14.6. The van der Waals surface area contributed by atoms with Gasteiger partial charge in [-0.15, -0.1) is 5.10 Å². The van der Waals surface area contributed by atoms with Crippen molar-refractivity contribution in [3.63, 3.8) is 0 Å². The zero-order chi connectivity index (χ0) is 31.7. The molecule has 13 heteroatoms. The van der Waals surface area contributed by atoms with Gasteiger partial charge < -0.3 is 50.0 Å². The Hall–Kier alpha value is -2.62. The summed E-state index contributed by atoms with van der Waals surface area (Å²) in [6, 6.07) is 5.69. The van der Waals surface area contributed by atoms with Crippen LogP contribution >= 0.6 is 0 Å². The number of carbonyl (C=O) groups excluding carboxylic acids is 1. The highest BCUT2D eigenvalue weighted by atomic mass is 16.7. The second kappa shape index (κ2) is 15.9. The van der Waals surface area contributed by atoms with Crippen molar-refractivity contribution >= 4 is 5.78 Å². The standard InChI is InChI=1S/C30H46N2O11/c1-17(2)24-22(28(32-31-24)43-29-27(40)26(39)25(38)23(13-33)42-29)11-19-7-8-21(10-18(19)3)41-9-5-4-6-20(37)12-30(14-34,15-35)16-36/h7-8,10,17,23,25-27,29,33-36,38-40H,4-6,9,11-16H2,1-3H3,(H,31,32)/t23-,25-,26+,27-,29+/m1/s1.